The van der Waals surface area contributed by atoms with Crippen molar-refractivity contribution in [3.05, 3.63) is 34.7 Å². The molecule has 1 atom stereocenters. The van der Waals surface area contributed by atoms with Crippen LogP contribution in [0, 0.1) is 0 Å². The molecule has 2 aromatic rings. The first kappa shape index (κ1) is 21.6. The largest absolute Gasteiger partial charge is 0.376 e. The highest BCUT2D eigenvalue weighted by Crippen LogP contribution is 2.21. The summed E-state index contributed by atoms with van der Waals surface area (Å²) in [6.07, 6.45) is 7.63. The van der Waals surface area contributed by atoms with E-state index < -0.39 is 0 Å². The smallest absolute Gasteiger partial charge is 0.274 e. The van der Waals surface area contributed by atoms with Crippen LogP contribution in [0.4, 0.5) is 0 Å². The Kier molecular flexibility index (Phi) is 7.25. The number of fused-ring (bicyclic) bond motifs is 1. The fourth-order valence-corrected chi connectivity index (χ4v) is 4.46. The number of pyridine rings is 1. The van der Waals surface area contributed by atoms with E-state index in [0.29, 0.717) is 37.1 Å². The third-order valence-electron chi connectivity index (χ3n) is 5.85. The Hall–Kier alpha value is -1.67. The molecule has 2 aromatic heterocycles. The molecule has 7 nitrogen and oxygen atoms in total. The van der Waals surface area contributed by atoms with Crippen LogP contribution in [0.5, 0.6) is 0 Å². The Labute approximate surface area is 182 Å². The van der Waals surface area contributed by atoms with Gasteiger partial charge in [-0.15, -0.1) is 0 Å². The van der Waals surface area contributed by atoms with Gasteiger partial charge >= 0.3 is 0 Å². The first-order chi connectivity index (χ1) is 14.6. The molecule has 2 aliphatic rings. The van der Waals surface area contributed by atoms with Crippen molar-refractivity contribution in [3.63, 3.8) is 0 Å². The summed E-state index contributed by atoms with van der Waals surface area (Å²) in [6.45, 7) is 4.79. The molecule has 0 unspecified atom stereocenters. The van der Waals surface area contributed by atoms with Crippen LogP contribution in [-0.2, 0) is 16.0 Å². The maximum atomic E-state index is 13.5. The third kappa shape index (κ3) is 5.14. The molecule has 4 rings (SSSR count). The van der Waals surface area contributed by atoms with Crippen molar-refractivity contribution in [2.24, 2.45) is 0 Å². The summed E-state index contributed by atoms with van der Waals surface area (Å²) in [5.41, 5.74) is 2.15. The molecule has 2 fully saturated rings. The number of amides is 1. The van der Waals surface area contributed by atoms with Gasteiger partial charge in [0, 0.05) is 32.4 Å². The number of imidazole rings is 1. The van der Waals surface area contributed by atoms with Crippen LogP contribution in [0.2, 0.25) is 5.02 Å². The van der Waals surface area contributed by atoms with Gasteiger partial charge in [0.15, 0.2) is 5.69 Å². The second-order valence-corrected chi connectivity index (χ2v) is 8.74. The Morgan fingerprint density at radius 2 is 1.97 bits per heavy atom. The average Bonchev–Trinajstić information content (AvgIpc) is 3.05. The Bertz CT molecular complexity index is 857. The molecule has 0 spiro atoms. The summed E-state index contributed by atoms with van der Waals surface area (Å²) in [7, 11) is 2.03. The topological polar surface area (TPSA) is 59.3 Å². The van der Waals surface area contributed by atoms with Crippen molar-refractivity contribution < 1.29 is 14.3 Å². The lowest BCUT2D eigenvalue weighted by atomic mass is 10.1. The van der Waals surface area contributed by atoms with E-state index in [1.54, 1.807) is 0 Å². The molecule has 2 aliphatic heterocycles. The van der Waals surface area contributed by atoms with Gasteiger partial charge in [0.1, 0.15) is 5.65 Å². The van der Waals surface area contributed by atoms with Gasteiger partial charge in [0.25, 0.3) is 5.91 Å². The molecule has 30 heavy (non-hydrogen) atoms. The number of hydrogen-bond acceptors (Lipinski definition) is 5. The highest BCUT2D eigenvalue weighted by atomic mass is 35.5. The van der Waals surface area contributed by atoms with Crippen molar-refractivity contribution >= 4 is 23.2 Å². The molecule has 8 heteroatoms. The van der Waals surface area contributed by atoms with E-state index in [1.165, 1.54) is 19.3 Å². The van der Waals surface area contributed by atoms with Gasteiger partial charge in [-0.3, -0.25) is 9.69 Å². The van der Waals surface area contributed by atoms with Crippen LogP contribution < -0.4 is 0 Å². The van der Waals surface area contributed by atoms with Gasteiger partial charge < -0.3 is 18.8 Å². The van der Waals surface area contributed by atoms with E-state index in [-0.39, 0.29) is 12.0 Å². The Morgan fingerprint density at radius 3 is 2.70 bits per heavy atom. The fraction of sp³-hybridized carbons (Fsp3) is 0.636. The summed E-state index contributed by atoms with van der Waals surface area (Å²) in [4.78, 5) is 22.3. The van der Waals surface area contributed by atoms with Crippen molar-refractivity contribution in [2.75, 3.05) is 46.5 Å². The highest BCUT2D eigenvalue weighted by Gasteiger charge is 2.26. The highest BCUT2D eigenvalue weighted by molar-refractivity contribution is 6.30. The van der Waals surface area contributed by atoms with Crippen LogP contribution >= 0.6 is 11.6 Å². The predicted molar refractivity (Wildman–Crippen MR) is 116 cm³/mol. The summed E-state index contributed by atoms with van der Waals surface area (Å²) in [5, 5.41) is 0.623. The third-order valence-corrected chi connectivity index (χ3v) is 6.07. The Balaban J connectivity index is 1.59. The fourth-order valence-electron chi connectivity index (χ4n) is 4.30. The summed E-state index contributed by atoms with van der Waals surface area (Å²) < 4.78 is 13.3. The number of hydrogen-bond donors (Lipinski definition) is 0. The Morgan fingerprint density at radius 1 is 1.20 bits per heavy atom. The van der Waals surface area contributed by atoms with E-state index >= 15 is 0 Å². The van der Waals surface area contributed by atoms with Gasteiger partial charge in [-0.2, -0.15) is 0 Å². The standard InChI is InChI=1S/C22H31ClN4O3/c1-25(14-18-16-29-11-12-30-18)15-19-21(24-20-8-7-17(23)13-27(19)20)22(28)26-9-5-3-2-4-6-10-26/h7-8,13,18H,2-6,9-12,14-16H2,1H3/t18-/m0/s1. The molecular formula is C22H31ClN4O3. The molecule has 4 heterocycles. The van der Waals surface area contributed by atoms with Crippen molar-refractivity contribution in [2.45, 2.75) is 44.8 Å². The molecule has 0 radical (unpaired) electrons. The van der Waals surface area contributed by atoms with Gasteiger partial charge in [-0.25, -0.2) is 4.98 Å². The average molecular weight is 435 g/mol. The minimum atomic E-state index is 0.0253. The van der Waals surface area contributed by atoms with Crippen molar-refractivity contribution in [1.29, 1.82) is 0 Å². The number of likely N-dealkylation sites (tertiary alicyclic amines) is 1. The maximum absolute atomic E-state index is 13.5. The number of likely N-dealkylation sites (N-methyl/N-ethyl adjacent to an activating group) is 1. The normalized spacial score (nSPS) is 21.0. The quantitative estimate of drug-likeness (QED) is 0.723. The second-order valence-electron chi connectivity index (χ2n) is 8.31. The van der Waals surface area contributed by atoms with E-state index in [2.05, 4.69) is 4.90 Å². The number of rotatable bonds is 5. The number of ether oxygens (including phenoxy) is 2. The van der Waals surface area contributed by atoms with Gasteiger partial charge in [-0.1, -0.05) is 30.9 Å². The number of halogens is 1. The second kappa shape index (κ2) is 10.1. The van der Waals surface area contributed by atoms with Crippen LogP contribution in [0.3, 0.4) is 0 Å². The zero-order chi connectivity index (χ0) is 20.9. The molecular weight excluding hydrogens is 404 g/mol. The lowest BCUT2D eigenvalue weighted by Gasteiger charge is -2.28. The first-order valence-electron chi connectivity index (χ1n) is 11.0. The van der Waals surface area contributed by atoms with Crippen molar-refractivity contribution in [1.82, 2.24) is 19.2 Å². The number of nitrogens with zero attached hydrogens (tertiary/aromatic N) is 4. The van der Waals surface area contributed by atoms with Crippen LogP contribution in [0.1, 0.15) is 48.3 Å². The molecule has 2 saturated heterocycles. The van der Waals surface area contributed by atoms with Crippen LogP contribution in [0.15, 0.2) is 18.3 Å². The lowest BCUT2D eigenvalue weighted by Crippen LogP contribution is -2.39. The van der Waals surface area contributed by atoms with E-state index in [9.17, 15) is 4.79 Å². The SMILES string of the molecule is CN(Cc1c(C(=O)N2CCCCCCC2)nc2ccc(Cl)cn12)C[C@H]1COCCO1. The van der Waals surface area contributed by atoms with E-state index in [4.69, 9.17) is 26.1 Å². The summed E-state index contributed by atoms with van der Waals surface area (Å²) in [6, 6.07) is 3.68. The molecule has 0 N–H and O–H groups in total. The number of carbonyl (C=O) groups is 1. The first-order valence-corrected chi connectivity index (χ1v) is 11.3. The van der Waals surface area contributed by atoms with Gasteiger partial charge in [-0.05, 0) is 32.0 Å². The zero-order valence-electron chi connectivity index (χ0n) is 17.7. The molecule has 0 aromatic carbocycles. The van der Waals surface area contributed by atoms with Crippen LogP contribution in [-0.4, -0.2) is 77.7 Å². The molecule has 0 saturated carbocycles. The van der Waals surface area contributed by atoms with Gasteiger partial charge in [0.05, 0.1) is 36.6 Å². The molecule has 0 aliphatic carbocycles. The van der Waals surface area contributed by atoms with Gasteiger partial charge in [0.2, 0.25) is 0 Å². The number of aromatic nitrogens is 2. The van der Waals surface area contributed by atoms with Crippen LogP contribution in [0.25, 0.3) is 5.65 Å². The monoisotopic (exact) mass is 434 g/mol. The maximum Gasteiger partial charge on any atom is 0.274 e. The predicted octanol–water partition coefficient (Wildman–Crippen LogP) is 3.24. The molecule has 1 amide bonds. The summed E-state index contributed by atoms with van der Waals surface area (Å²) in [5.74, 6) is 0.0253. The minimum absolute atomic E-state index is 0.0253. The van der Waals surface area contributed by atoms with Crippen molar-refractivity contribution in [3.8, 4) is 0 Å². The molecule has 164 valence electrons. The summed E-state index contributed by atoms with van der Waals surface area (Å²) >= 11 is 6.27. The lowest BCUT2D eigenvalue weighted by molar-refractivity contribution is -0.0963. The number of carbonyl (C=O) groups excluding carboxylic acids is 1. The molecule has 0 bridgehead atoms. The van der Waals surface area contributed by atoms with E-state index in [1.807, 2.05) is 34.7 Å². The van der Waals surface area contributed by atoms with E-state index in [0.717, 1.165) is 43.8 Å². The zero-order valence-corrected chi connectivity index (χ0v) is 18.4. The minimum Gasteiger partial charge on any atom is -0.376 e.